The van der Waals surface area contributed by atoms with E-state index in [1.165, 1.54) is 23.3 Å². The molecular formula is C17H17FN2. The number of halogens is 1. The Balaban J connectivity index is 2.10. The van der Waals surface area contributed by atoms with Gasteiger partial charge in [0.05, 0.1) is 0 Å². The molecule has 2 heterocycles. The number of nitrogens with zero attached hydrogens (tertiary/aromatic N) is 1. The van der Waals surface area contributed by atoms with Crippen molar-refractivity contribution in [1.29, 1.82) is 0 Å². The molecule has 1 aromatic carbocycles. The van der Waals surface area contributed by atoms with Crippen LogP contribution in [0.3, 0.4) is 0 Å². The Labute approximate surface area is 118 Å². The van der Waals surface area contributed by atoms with Gasteiger partial charge in [-0.15, -0.1) is 0 Å². The van der Waals surface area contributed by atoms with Gasteiger partial charge in [0.25, 0.3) is 0 Å². The molecule has 0 radical (unpaired) electrons. The van der Waals surface area contributed by atoms with Gasteiger partial charge < -0.3 is 5.32 Å². The van der Waals surface area contributed by atoms with Gasteiger partial charge in [0, 0.05) is 18.0 Å². The Kier molecular flexibility index (Phi) is 3.88. The monoisotopic (exact) mass is 268 g/mol. The lowest BCUT2D eigenvalue weighted by Crippen LogP contribution is -2.23. The van der Waals surface area contributed by atoms with E-state index in [1.807, 2.05) is 24.4 Å². The number of nitrogens with one attached hydrogen (secondary N) is 1. The summed E-state index contributed by atoms with van der Waals surface area (Å²) in [6.07, 6.45) is 5.72. The zero-order valence-electron chi connectivity index (χ0n) is 11.3. The maximum absolute atomic E-state index is 13.2. The fourth-order valence-electron chi connectivity index (χ4n) is 2.68. The van der Waals surface area contributed by atoms with Crippen molar-refractivity contribution >= 4 is 5.57 Å². The molecule has 2 aromatic rings. The molecule has 1 aliphatic heterocycles. The van der Waals surface area contributed by atoms with Crippen molar-refractivity contribution in [2.45, 2.75) is 12.8 Å². The molecule has 20 heavy (non-hydrogen) atoms. The fraction of sp³-hybridized carbons (Fsp3) is 0.235. The molecule has 0 spiro atoms. The second kappa shape index (κ2) is 5.97. The van der Waals surface area contributed by atoms with Gasteiger partial charge in [0.15, 0.2) is 0 Å². The van der Waals surface area contributed by atoms with Crippen LogP contribution in [0.1, 0.15) is 24.0 Å². The van der Waals surface area contributed by atoms with Crippen LogP contribution in [0, 0.1) is 5.82 Å². The van der Waals surface area contributed by atoms with Crippen molar-refractivity contribution in [2.24, 2.45) is 0 Å². The van der Waals surface area contributed by atoms with E-state index in [2.05, 4.69) is 16.4 Å². The van der Waals surface area contributed by atoms with Crippen LogP contribution in [0.25, 0.3) is 5.57 Å². The van der Waals surface area contributed by atoms with Crippen molar-refractivity contribution in [3.63, 3.8) is 0 Å². The summed E-state index contributed by atoms with van der Waals surface area (Å²) in [4.78, 5) is 4.22. The van der Waals surface area contributed by atoms with Crippen LogP contribution in [-0.4, -0.2) is 18.1 Å². The Morgan fingerprint density at radius 3 is 2.40 bits per heavy atom. The molecule has 0 bridgehead atoms. The molecule has 102 valence electrons. The summed E-state index contributed by atoms with van der Waals surface area (Å²) in [7, 11) is 0. The van der Waals surface area contributed by atoms with Crippen LogP contribution in [0.5, 0.6) is 0 Å². The van der Waals surface area contributed by atoms with E-state index in [9.17, 15) is 4.39 Å². The van der Waals surface area contributed by atoms with Gasteiger partial charge in [-0.3, -0.25) is 4.98 Å². The highest BCUT2D eigenvalue weighted by molar-refractivity contribution is 5.81. The molecule has 2 nitrogen and oxygen atoms in total. The van der Waals surface area contributed by atoms with Gasteiger partial charge in [-0.1, -0.05) is 23.8 Å². The maximum Gasteiger partial charge on any atom is 0.123 e. The predicted molar refractivity (Wildman–Crippen MR) is 78.8 cm³/mol. The third-order valence-electron chi connectivity index (χ3n) is 3.64. The summed E-state index contributed by atoms with van der Waals surface area (Å²) in [6.45, 7) is 2.00. The predicted octanol–water partition coefficient (Wildman–Crippen LogP) is 3.41. The van der Waals surface area contributed by atoms with Gasteiger partial charge in [0.1, 0.15) is 5.82 Å². The number of hydrogen-bond acceptors (Lipinski definition) is 2. The van der Waals surface area contributed by atoms with E-state index < -0.39 is 0 Å². The Hall–Kier alpha value is -2.00. The molecule has 0 amide bonds. The van der Waals surface area contributed by atoms with Crippen LogP contribution in [0.4, 0.5) is 4.39 Å². The average molecular weight is 268 g/mol. The summed E-state index contributed by atoms with van der Waals surface area (Å²) in [5, 5.41) is 3.37. The SMILES string of the molecule is Fc1ccc(C(=C2CCNCC2)c2cccnc2)cc1. The number of aromatic nitrogens is 1. The van der Waals surface area contributed by atoms with Gasteiger partial charge in [-0.25, -0.2) is 4.39 Å². The zero-order valence-corrected chi connectivity index (χ0v) is 11.3. The lowest BCUT2D eigenvalue weighted by Gasteiger charge is -2.21. The Bertz CT molecular complexity index is 595. The minimum Gasteiger partial charge on any atom is -0.316 e. The average Bonchev–Trinajstić information content (AvgIpc) is 2.52. The van der Waals surface area contributed by atoms with E-state index in [4.69, 9.17) is 0 Å². The van der Waals surface area contributed by atoms with Crippen LogP contribution in [-0.2, 0) is 0 Å². The number of hydrogen-bond donors (Lipinski definition) is 1. The highest BCUT2D eigenvalue weighted by Gasteiger charge is 2.14. The fourth-order valence-corrected chi connectivity index (χ4v) is 2.68. The molecule has 1 saturated heterocycles. The van der Waals surface area contributed by atoms with Crippen molar-refractivity contribution in [2.75, 3.05) is 13.1 Å². The summed E-state index contributed by atoms with van der Waals surface area (Å²) in [5.74, 6) is -0.199. The summed E-state index contributed by atoms with van der Waals surface area (Å²) in [5.41, 5.74) is 4.80. The molecule has 1 aromatic heterocycles. The minimum absolute atomic E-state index is 0.199. The first kappa shape index (κ1) is 13.0. The van der Waals surface area contributed by atoms with Crippen LogP contribution in [0.2, 0.25) is 0 Å². The van der Waals surface area contributed by atoms with Gasteiger partial charge in [0.2, 0.25) is 0 Å². The first-order valence-corrected chi connectivity index (χ1v) is 6.93. The first-order valence-electron chi connectivity index (χ1n) is 6.93. The van der Waals surface area contributed by atoms with E-state index in [0.29, 0.717) is 0 Å². The quantitative estimate of drug-likeness (QED) is 0.903. The van der Waals surface area contributed by atoms with E-state index in [-0.39, 0.29) is 5.82 Å². The molecule has 0 atom stereocenters. The van der Waals surface area contributed by atoms with Crippen molar-refractivity contribution in [3.8, 4) is 0 Å². The largest absolute Gasteiger partial charge is 0.316 e. The third kappa shape index (κ3) is 2.78. The third-order valence-corrected chi connectivity index (χ3v) is 3.64. The molecule has 1 fully saturated rings. The van der Waals surface area contributed by atoms with Crippen LogP contribution < -0.4 is 5.32 Å². The molecule has 0 saturated carbocycles. The normalized spacial score (nSPS) is 15.2. The van der Waals surface area contributed by atoms with Gasteiger partial charge in [-0.05, 0) is 55.3 Å². The Morgan fingerprint density at radius 1 is 1.00 bits per heavy atom. The topological polar surface area (TPSA) is 24.9 Å². The zero-order chi connectivity index (χ0) is 13.8. The highest BCUT2D eigenvalue weighted by atomic mass is 19.1. The second-order valence-corrected chi connectivity index (χ2v) is 4.98. The smallest absolute Gasteiger partial charge is 0.123 e. The lowest BCUT2D eigenvalue weighted by atomic mass is 9.89. The summed E-state index contributed by atoms with van der Waals surface area (Å²) in [6, 6.07) is 10.8. The Morgan fingerprint density at radius 2 is 1.75 bits per heavy atom. The molecule has 3 heteroatoms. The molecule has 1 N–H and O–H groups in total. The lowest BCUT2D eigenvalue weighted by molar-refractivity contribution is 0.611. The van der Waals surface area contributed by atoms with E-state index in [0.717, 1.165) is 37.1 Å². The van der Waals surface area contributed by atoms with Gasteiger partial charge in [-0.2, -0.15) is 0 Å². The van der Waals surface area contributed by atoms with Crippen LogP contribution in [0.15, 0.2) is 54.4 Å². The van der Waals surface area contributed by atoms with Crippen molar-refractivity contribution in [3.05, 3.63) is 71.3 Å². The minimum atomic E-state index is -0.199. The molecule has 3 rings (SSSR count). The summed E-state index contributed by atoms with van der Waals surface area (Å²) >= 11 is 0. The van der Waals surface area contributed by atoms with E-state index >= 15 is 0 Å². The van der Waals surface area contributed by atoms with Crippen LogP contribution >= 0.6 is 0 Å². The summed E-state index contributed by atoms with van der Waals surface area (Å²) < 4.78 is 13.2. The number of benzene rings is 1. The van der Waals surface area contributed by atoms with Gasteiger partial charge >= 0.3 is 0 Å². The molecule has 0 unspecified atom stereocenters. The number of piperidine rings is 1. The molecule has 1 aliphatic rings. The van der Waals surface area contributed by atoms with E-state index in [1.54, 1.807) is 6.20 Å². The molecular weight excluding hydrogens is 251 g/mol. The first-order chi connectivity index (χ1) is 9.84. The standard InChI is InChI=1S/C17H17FN2/c18-16-5-3-13(4-6-16)17(14-7-10-19-11-8-14)15-2-1-9-20-12-15/h1-6,9,12,19H,7-8,10-11H2. The number of pyridine rings is 1. The van der Waals surface area contributed by atoms with Crippen molar-refractivity contribution in [1.82, 2.24) is 10.3 Å². The van der Waals surface area contributed by atoms with Crippen molar-refractivity contribution < 1.29 is 4.39 Å². The number of rotatable bonds is 2. The second-order valence-electron chi connectivity index (χ2n) is 4.98. The molecule has 0 aliphatic carbocycles. The highest BCUT2D eigenvalue weighted by Crippen LogP contribution is 2.30. The maximum atomic E-state index is 13.2.